The van der Waals surface area contributed by atoms with Gasteiger partial charge in [0.05, 0.1) is 31.2 Å². The first kappa shape index (κ1) is 26.1. The zero-order chi connectivity index (χ0) is 27.2. The van der Waals surface area contributed by atoms with Crippen LogP contribution >= 0.6 is 11.3 Å². The standard InChI is InChI=1S/C23H24F4N8O2S/c1-37-15-6-12(24)11(5-13(15)25)21-33-14(7-35-10-32-16-19(28)30-9-31-20(16)35)22(38-21)34-4-2-3-23(29,8-34)17(36)18(26)27/h5-6,9-10,17-18,36H,2-4,7-8,29H2,1H3,(H2,28,30,31)/t17-,23+/m0/s1. The molecule has 15 heteroatoms. The van der Waals surface area contributed by atoms with E-state index in [0.717, 1.165) is 23.5 Å². The van der Waals surface area contributed by atoms with Crippen molar-refractivity contribution in [2.24, 2.45) is 5.73 Å². The fourth-order valence-electron chi connectivity index (χ4n) is 4.61. The average Bonchev–Trinajstić information content (AvgIpc) is 3.50. The highest BCUT2D eigenvalue weighted by Crippen LogP contribution is 2.40. The molecule has 0 spiro atoms. The average molecular weight is 553 g/mol. The van der Waals surface area contributed by atoms with Crippen LogP contribution in [-0.4, -0.2) is 67.9 Å². The lowest BCUT2D eigenvalue weighted by Gasteiger charge is -2.43. The summed E-state index contributed by atoms with van der Waals surface area (Å²) in [6.07, 6.45) is -1.65. The van der Waals surface area contributed by atoms with E-state index in [1.807, 2.05) is 0 Å². The van der Waals surface area contributed by atoms with Crippen molar-refractivity contribution in [3.63, 3.8) is 0 Å². The predicted molar refractivity (Wildman–Crippen MR) is 133 cm³/mol. The van der Waals surface area contributed by atoms with Crippen LogP contribution in [-0.2, 0) is 6.54 Å². The second kappa shape index (κ2) is 9.96. The van der Waals surface area contributed by atoms with Gasteiger partial charge in [0.25, 0.3) is 6.43 Å². The zero-order valence-electron chi connectivity index (χ0n) is 20.1. The molecule has 202 valence electrons. The molecule has 1 aliphatic rings. The van der Waals surface area contributed by atoms with Crippen LogP contribution in [0, 0.1) is 11.6 Å². The second-order valence-electron chi connectivity index (χ2n) is 9.08. The first-order chi connectivity index (χ1) is 18.1. The van der Waals surface area contributed by atoms with Gasteiger partial charge in [-0.05, 0) is 18.9 Å². The molecule has 3 aromatic heterocycles. The van der Waals surface area contributed by atoms with Crippen molar-refractivity contribution in [3.05, 3.63) is 42.1 Å². The Bertz CT molecular complexity index is 1480. The van der Waals surface area contributed by atoms with Gasteiger partial charge < -0.3 is 30.8 Å². The number of benzene rings is 1. The lowest BCUT2D eigenvalue weighted by Crippen LogP contribution is -2.63. The number of rotatable bonds is 7. The van der Waals surface area contributed by atoms with E-state index in [1.165, 1.54) is 19.8 Å². The van der Waals surface area contributed by atoms with Crippen molar-refractivity contribution < 1.29 is 27.4 Å². The van der Waals surface area contributed by atoms with Crippen molar-refractivity contribution in [2.75, 3.05) is 30.8 Å². The van der Waals surface area contributed by atoms with Gasteiger partial charge in [0.1, 0.15) is 33.8 Å². The van der Waals surface area contributed by atoms with E-state index in [9.17, 15) is 22.7 Å². The van der Waals surface area contributed by atoms with Gasteiger partial charge in [-0.15, -0.1) is 0 Å². The Morgan fingerprint density at radius 2 is 2.00 bits per heavy atom. The number of anilines is 2. The van der Waals surface area contributed by atoms with Crippen LogP contribution in [0.15, 0.2) is 24.8 Å². The lowest BCUT2D eigenvalue weighted by molar-refractivity contribution is -0.0529. The highest BCUT2D eigenvalue weighted by molar-refractivity contribution is 7.19. The molecule has 0 amide bonds. The molecule has 4 aromatic rings. The topological polar surface area (TPSA) is 141 Å². The number of nitrogens with zero attached hydrogens (tertiary/aromatic N) is 6. The summed E-state index contributed by atoms with van der Waals surface area (Å²) in [6.45, 7) is 0.444. The van der Waals surface area contributed by atoms with Gasteiger partial charge in [-0.1, -0.05) is 11.3 Å². The van der Waals surface area contributed by atoms with E-state index in [2.05, 4.69) is 19.9 Å². The summed E-state index contributed by atoms with van der Waals surface area (Å²) < 4.78 is 62.7. The van der Waals surface area contributed by atoms with Gasteiger partial charge in [0, 0.05) is 24.7 Å². The summed E-state index contributed by atoms with van der Waals surface area (Å²) in [6, 6.07) is 1.92. The van der Waals surface area contributed by atoms with E-state index in [1.54, 1.807) is 9.47 Å². The molecule has 1 aliphatic heterocycles. The Kier molecular flexibility index (Phi) is 6.83. The summed E-state index contributed by atoms with van der Waals surface area (Å²) >= 11 is 1.06. The fourth-order valence-corrected chi connectivity index (χ4v) is 5.73. The van der Waals surface area contributed by atoms with Crippen LogP contribution in [0.5, 0.6) is 5.75 Å². The number of hydrogen-bond donors (Lipinski definition) is 3. The largest absolute Gasteiger partial charge is 0.494 e. The van der Waals surface area contributed by atoms with Gasteiger partial charge in [-0.2, -0.15) is 0 Å². The minimum atomic E-state index is -3.02. The lowest BCUT2D eigenvalue weighted by atomic mass is 9.85. The van der Waals surface area contributed by atoms with Crippen LogP contribution < -0.4 is 21.1 Å². The fraction of sp³-hybridized carbons (Fsp3) is 0.391. The smallest absolute Gasteiger partial charge is 0.265 e. The van der Waals surface area contributed by atoms with Gasteiger partial charge in [-0.3, -0.25) is 0 Å². The van der Waals surface area contributed by atoms with E-state index in [-0.39, 0.29) is 41.6 Å². The monoisotopic (exact) mass is 552 g/mol. The number of nitrogen functional groups attached to an aromatic ring is 1. The molecule has 5 N–H and O–H groups in total. The number of fused-ring (bicyclic) bond motifs is 1. The summed E-state index contributed by atoms with van der Waals surface area (Å²) in [7, 11) is 1.23. The van der Waals surface area contributed by atoms with E-state index >= 15 is 0 Å². The molecule has 10 nitrogen and oxygen atoms in total. The Hall–Kier alpha value is -3.56. The molecule has 0 saturated carbocycles. The van der Waals surface area contributed by atoms with Crippen LogP contribution in [0.4, 0.5) is 28.4 Å². The molecule has 2 atom stereocenters. The van der Waals surface area contributed by atoms with Gasteiger partial charge in [0.2, 0.25) is 0 Å². The van der Waals surface area contributed by atoms with Gasteiger partial charge >= 0.3 is 0 Å². The summed E-state index contributed by atoms with van der Waals surface area (Å²) in [5, 5.41) is 10.8. The maximum absolute atomic E-state index is 15.0. The summed E-state index contributed by atoms with van der Waals surface area (Å²) in [5.74, 6) is -1.58. The van der Waals surface area contributed by atoms with E-state index in [4.69, 9.17) is 16.2 Å². The number of alkyl halides is 2. The summed E-state index contributed by atoms with van der Waals surface area (Å²) in [5.41, 5.74) is 11.7. The first-order valence-electron chi connectivity index (χ1n) is 11.6. The first-order valence-corrected chi connectivity index (χ1v) is 12.4. The molecule has 1 fully saturated rings. The van der Waals surface area contributed by atoms with E-state index in [0.29, 0.717) is 34.8 Å². The van der Waals surface area contributed by atoms with Crippen LogP contribution in [0.1, 0.15) is 18.5 Å². The van der Waals surface area contributed by atoms with Crippen molar-refractivity contribution in [3.8, 4) is 16.3 Å². The Labute approximate surface area is 217 Å². The van der Waals surface area contributed by atoms with Gasteiger partial charge in [0.15, 0.2) is 23.0 Å². The van der Waals surface area contributed by atoms with Crippen molar-refractivity contribution in [1.82, 2.24) is 24.5 Å². The third-order valence-electron chi connectivity index (χ3n) is 6.57. The number of aliphatic hydroxyl groups is 1. The highest BCUT2D eigenvalue weighted by atomic mass is 32.1. The molecule has 0 aliphatic carbocycles. The number of nitrogens with two attached hydrogens (primary N) is 2. The molecule has 5 rings (SSSR count). The molecule has 38 heavy (non-hydrogen) atoms. The molecule has 0 radical (unpaired) electrons. The molecule has 4 heterocycles. The van der Waals surface area contributed by atoms with Crippen LogP contribution in [0.25, 0.3) is 21.7 Å². The third-order valence-corrected chi connectivity index (χ3v) is 7.76. The van der Waals surface area contributed by atoms with E-state index < -0.39 is 29.7 Å². The Morgan fingerprint density at radius 3 is 2.74 bits per heavy atom. The Balaban J connectivity index is 1.59. The SMILES string of the molecule is COc1cc(F)c(-c2nc(Cn3cnc4c(N)ncnc43)c(N3CCC[C@](N)([C@@H](O)C(F)F)C3)s2)cc1F. The summed E-state index contributed by atoms with van der Waals surface area (Å²) in [4.78, 5) is 18.7. The second-order valence-corrected chi connectivity index (χ2v) is 10.1. The van der Waals surface area contributed by atoms with Crippen LogP contribution in [0.3, 0.4) is 0 Å². The van der Waals surface area contributed by atoms with Crippen molar-refractivity contribution >= 4 is 33.3 Å². The molecule has 0 unspecified atom stereocenters. The molecule has 0 bridgehead atoms. The maximum atomic E-state index is 15.0. The highest BCUT2D eigenvalue weighted by Gasteiger charge is 2.43. The normalized spacial score (nSPS) is 18.9. The van der Waals surface area contributed by atoms with Crippen molar-refractivity contribution in [1.29, 1.82) is 0 Å². The number of ether oxygens (including phenoxy) is 1. The molecule has 1 aromatic carbocycles. The number of aromatic nitrogens is 5. The molecular formula is C23H24F4N8O2S. The minimum Gasteiger partial charge on any atom is -0.494 e. The maximum Gasteiger partial charge on any atom is 0.265 e. The molecule has 1 saturated heterocycles. The number of aliphatic hydroxyl groups excluding tert-OH is 1. The number of imidazole rings is 1. The number of methoxy groups -OCH3 is 1. The third kappa shape index (κ3) is 4.61. The minimum absolute atomic E-state index is 0.0909. The quantitative estimate of drug-likeness (QED) is 0.295. The zero-order valence-corrected chi connectivity index (χ0v) is 20.9. The molecular weight excluding hydrogens is 528 g/mol. The number of halogens is 4. The Morgan fingerprint density at radius 1 is 1.21 bits per heavy atom. The number of thiazole rings is 1. The van der Waals surface area contributed by atoms with Crippen LogP contribution in [0.2, 0.25) is 0 Å². The predicted octanol–water partition coefficient (Wildman–Crippen LogP) is 2.79. The number of hydrogen-bond acceptors (Lipinski definition) is 10. The van der Waals surface area contributed by atoms with Gasteiger partial charge in [-0.25, -0.2) is 37.5 Å². The van der Waals surface area contributed by atoms with Crippen molar-refractivity contribution in [2.45, 2.75) is 37.5 Å². The number of piperidine rings is 1.